The molecule has 2 nitrogen and oxygen atoms in total. The molecule has 0 radical (unpaired) electrons. The van der Waals surface area contributed by atoms with Gasteiger partial charge in [0.15, 0.2) is 0 Å². The standard InChI is InChI=1S/C11H15NOS2/c1-13-9-4-2-8(3-5-9)11-14-7-10(6-12)15-11/h2-5,10-11H,6-7,12H2,1H3. The molecule has 0 aromatic heterocycles. The van der Waals surface area contributed by atoms with Crippen LogP contribution in [0.2, 0.25) is 0 Å². The Balaban J connectivity index is 2.04. The quantitative estimate of drug-likeness (QED) is 0.882. The highest BCUT2D eigenvalue weighted by molar-refractivity contribution is 8.19. The van der Waals surface area contributed by atoms with Gasteiger partial charge in [-0.25, -0.2) is 0 Å². The zero-order valence-corrected chi connectivity index (χ0v) is 10.3. The van der Waals surface area contributed by atoms with Gasteiger partial charge >= 0.3 is 0 Å². The Bertz CT molecular complexity index is 315. The molecule has 2 atom stereocenters. The maximum Gasteiger partial charge on any atom is 0.118 e. The molecule has 82 valence electrons. The van der Waals surface area contributed by atoms with E-state index in [0.29, 0.717) is 9.83 Å². The summed E-state index contributed by atoms with van der Waals surface area (Å²) in [5, 5.41) is 0.613. The molecule has 1 heterocycles. The maximum atomic E-state index is 5.67. The Morgan fingerprint density at radius 1 is 1.40 bits per heavy atom. The lowest BCUT2D eigenvalue weighted by Gasteiger charge is -2.10. The number of thioether (sulfide) groups is 2. The lowest BCUT2D eigenvalue weighted by Crippen LogP contribution is -2.15. The molecule has 2 rings (SSSR count). The normalized spacial score (nSPS) is 25.5. The van der Waals surface area contributed by atoms with Crippen molar-refractivity contribution in [3.63, 3.8) is 0 Å². The van der Waals surface area contributed by atoms with Gasteiger partial charge in [0.2, 0.25) is 0 Å². The zero-order chi connectivity index (χ0) is 10.7. The summed E-state index contributed by atoms with van der Waals surface area (Å²) in [5.41, 5.74) is 7.03. The van der Waals surface area contributed by atoms with Crippen molar-refractivity contribution >= 4 is 23.5 Å². The second kappa shape index (κ2) is 5.14. The molecule has 0 spiro atoms. The lowest BCUT2D eigenvalue weighted by atomic mass is 10.2. The Morgan fingerprint density at radius 3 is 2.67 bits per heavy atom. The fourth-order valence-electron chi connectivity index (χ4n) is 1.51. The maximum absolute atomic E-state index is 5.67. The van der Waals surface area contributed by atoms with E-state index in [4.69, 9.17) is 10.5 Å². The van der Waals surface area contributed by atoms with Crippen molar-refractivity contribution < 1.29 is 4.74 Å². The van der Waals surface area contributed by atoms with E-state index < -0.39 is 0 Å². The number of hydrogen-bond donors (Lipinski definition) is 1. The van der Waals surface area contributed by atoms with Crippen LogP contribution in [0.3, 0.4) is 0 Å². The number of nitrogens with two attached hydrogens (primary N) is 1. The summed E-state index contributed by atoms with van der Waals surface area (Å²) in [4.78, 5) is 0. The van der Waals surface area contributed by atoms with Crippen LogP contribution < -0.4 is 10.5 Å². The summed E-state index contributed by atoms with van der Waals surface area (Å²) < 4.78 is 5.69. The van der Waals surface area contributed by atoms with Crippen molar-refractivity contribution in [2.75, 3.05) is 19.4 Å². The minimum absolute atomic E-state index is 0.546. The van der Waals surface area contributed by atoms with E-state index in [2.05, 4.69) is 12.1 Å². The fraction of sp³-hybridized carbons (Fsp3) is 0.455. The van der Waals surface area contributed by atoms with Crippen molar-refractivity contribution in [1.82, 2.24) is 0 Å². The lowest BCUT2D eigenvalue weighted by molar-refractivity contribution is 0.414. The van der Waals surface area contributed by atoms with Gasteiger partial charge in [-0.1, -0.05) is 12.1 Å². The Kier molecular flexibility index (Phi) is 3.83. The van der Waals surface area contributed by atoms with Crippen LogP contribution in [0.25, 0.3) is 0 Å². The van der Waals surface area contributed by atoms with E-state index >= 15 is 0 Å². The van der Waals surface area contributed by atoms with Crippen molar-refractivity contribution in [2.45, 2.75) is 9.83 Å². The van der Waals surface area contributed by atoms with Crippen LogP contribution in [0.4, 0.5) is 0 Å². The molecule has 4 heteroatoms. The molecule has 0 bridgehead atoms. The third-order valence-electron chi connectivity index (χ3n) is 2.40. The molecule has 0 aliphatic carbocycles. The van der Waals surface area contributed by atoms with Crippen LogP contribution in [0.15, 0.2) is 24.3 Å². The van der Waals surface area contributed by atoms with Crippen LogP contribution in [0.1, 0.15) is 10.1 Å². The molecular formula is C11H15NOS2. The van der Waals surface area contributed by atoms with E-state index in [-0.39, 0.29) is 0 Å². The SMILES string of the molecule is COc1ccc(C2SCC(CN)S2)cc1. The van der Waals surface area contributed by atoms with Gasteiger partial charge in [-0.05, 0) is 17.7 Å². The van der Waals surface area contributed by atoms with Crippen LogP contribution >= 0.6 is 23.5 Å². The van der Waals surface area contributed by atoms with Gasteiger partial charge in [-0.2, -0.15) is 0 Å². The molecule has 1 aromatic rings. The molecule has 0 amide bonds. The highest BCUT2D eigenvalue weighted by Gasteiger charge is 2.25. The summed E-state index contributed by atoms with van der Waals surface area (Å²) in [7, 11) is 1.69. The van der Waals surface area contributed by atoms with Crippen LogP contribution in [-0.2, 0) is 0 Å². The number of rotatable bonds is 3. The third kappa shape index (κ3) is 2.62. The first-order chi connectivity index (χ1) is 7.33. The Labute approximate surface area is 98.9 Å². The average Bonchev–Trinajstić information content (AvgIpc) is 2.78. The van der Waals surface area contributed by atoms with Gasteiger partial charge in [0.25, 0.3) is 0 Å². The summed E-state index contributed by atoms with van der Waals surface area (Å²) in [5.74, 6) is 2.08. The molecule has 1 aromatic carbocycles. The molecule has 15 heavy (non-hydrogen) atoms. The first-order valence-electron chi connectivity index (χ1n) is 4.94. The van der Waals surface area contributed by atoms with Crippen molar-refractivity contribution in [3.05, 3.63) is 29.8 Å². The smallest absolute Gasteiger partial charge is 0.118 e. The van der Waals surface area contributed by atoms with E-state index in [1.54, 1.807) is 7.11 Å². The molecule has 2 N–H and O–H groups in total. The van der Waals surface area contributed by atoms with Gasteiger partial charge < -0.3 is 10.5 Å². The first-order valence-corrected chi connectivity index (χ1v) is 6.93. The monoisotopic (exact) mass is 241 g/mol. The predicted molar refractivity (Wildman–Crippen MR) is 68.6 cm³/mol. The van der Waals surface area contributed by atoms with E-state index in [1.165, 1.54) is 5.56 Å². The molecule has 1 saturated heterocycles. The summed E-state index contributed by atoms with van der Waals surface area (Å²) in [6, 6.07) is 8.32. The van der Waals surface area contributed by atoms with Crippen LogP contribution in [-0.4, -0.2) is 24.7 Å². The zero-order valence-electron chi connectivity index (χ0n) is 8.68. The second-order valence-corrected chi connectivity index (χ2v) is 6.28. The fourth-order valence-corrected chi connectivity index (χ4v) is 4.73. The van der Waals surface area contributed by atoms with Gasteiger partial charge in [0, 0.05) is 17.5 Å². The topological polar surface area (TPSA) is 35.2 Å². The number of ether oxygens (including phenoxy) is 1. The number of methoxy groups -OCH3 is 1. The molecule has 1 aliphatic heterocycles. The molecule has 2 unspecified atom stereocenters. The van der Waals surface area contributed by atoms with Crippen molar-refractivity contribution in [3.8, 4) is 5.75 Å². The predicted octanol–water partition coefficient (Wildman–Crippen LogP) is 2.50. The summed E-state index contributed by atoms with van der Waals surface area (Å²) in [6.45, 7) is 0.782. The minimum atomic E-state index is 0.546. The summed E-state index contributed by atoms with van der Waals surface area (Å²) in [6.07, 6.45) is 0. The second-order valence-electron chi connectivity index (χ2n) is 3.43. The highest BCUT2D eigenvalue weighted by Crippen LogP contribution is 2.49. The van der Waals surface area contributed by atoms with Crippen molar-refractivity contribution in [1.29, 1.82) is 0 Å². The third-order valence-corrected chi connectivity index (χ3v) is 5.79. The van der Waals surface area contributed by atoms with Gasteiger partial charge in [-0.15, -0.1) is 23.5 Å². The Morgan fingerprint density at radius 2 is 2.13 bits per heavy atom. The molecule has 0 saturated carbocycles. The molecular weight excluding hydrogens is 226 g/mol. The largest absolute Gasteiger partial charge is 0.497 e. The summed E-state index contributed by atoms with van der Waals surface area (Å²) >= 11 is 3.96. The first kappa shape index (κ1) is 11.2. The minimum Gasteiger partial charge on any atom is -0.497 e. The number of hydrogen-bond acceptors (Lipinski definition) is 4. The van der Waals surface area contributed by atoms with Gasteiger partial charge in [0.05, 0.1) is 11.7 Å². The van der Waals surface area contributed by atoms with E-state index in [1.807, 2.05) is 35.7 Å². The highest BCUT2D eigenvalue weighted by atomic mass is 32.2. The van der Waals surface area contributed by atoms with Gasteiger partial charge in [-0.3, -0.25) is 0 Å². The van der Waals surface area contributed by atoms with E-state index in [9.17, 15) is 0 Å². The van der Waals surface area contributed by atoms with Crippen LogP contribution in [0, 0.1) is 0 Å². The molecule has 1 fully saturated rings. The Hall–Kier alpha value is -0.320. The van der Waals surface area contributed by atoms with Crippen LogP contribution in [0.5, 0.6) is 5.75 Å². The average molecular weight is 241 g/mol. The number of benzene rings is 1. The van der Waals surface area contributed by atoms with E-state index in [0.717, 1.165) is 18.0 Å². The van der Waals surface area contributed by atoms with Gasteiger partial charge in [0.1, 0.15) is 5.75 Å². The molecule has 1 aliphatic rings. The van der Waals surface area contributed by atoms with Crippen molar-refractivity contribution in [2.24, 2.45) is 5.73 Å².